The van der Waals surface area contributed by atoms with Gasteiger partial charge in [0, 0.05) is 32.1 Å². The van der Waals surface area contributed by atoms with E-state index in [9.17, 15) is 8.42 Å². The average molecular weight is 285 g/mol. The summed E-state index contributed by atoms with van der Waals surface area (Å²) in [5.74, 6) is 0.391. The van der Waals surface area contributed by atoms with Crippen LogP contribution in [0.1, 0.15) is 0 Å². The summed E-state index contributed by atoms with van der Waals surface area (Å²) in [7, 11) is -1.23. The first-order chi connectivity index (χ1) is 8.97. The van der Waals surface area contributed by atoms with Gasteiger partial charge in [-0.15, -0.1) is 0 Å². The third-order valence-electron chi connectivity index (χ3n) is 3.01. The minimum absolute atomic E-state index is 0.0492. The Hall–Kier alpha value is -1.18. The lowest BCUT2D eigenvalue weighted by Gasteiger charge is -2.30. The minimum Gasteiger partial charge on any atom is -0.374 e. The second kappa shape index (κ2) is 5.85. The largest absolute Gasteiger partial charge is 0.374 e. The molecule has 0 spiro atoms. The predicted octanol–water partition coefficient (Wildman–Crippen LogP) is 0.228. The number of nitrogens with one attached hydrogen (secondary N) is 1. The number of ether oxygens (including phenoxy) is 1. The summed E-state index contributed by atoms with van der Waals surface area (Å²) < 4.78 is 28.9. The molecule has 1 aliphatic heterocycles. The Bertz CT molecular complexity index is 533. The lowest BCUT2D eigenvalue weighted by Crippen LogP contribution is -2.43. The van der Waals surface area contributed by atoms with E-state index in [0.717, 1.165) is 13.1 Å². The summed E-state index contributed by atoms with van der Waals surface area (Å²) in [6.07, 6.45) is 2.80. The smallest absolute Gasteiger partial charge is 0.179 e. The van der Waals surface area contributed by atoms with Crippen molar-refractivity contribution in [1.29, 1.82) is 0 Å². The van der Waals surface area contributed by atoms with Gasteiger partial charge in [0.1, 0.15) is 10.7 Å². The van der Waals surface area contributed by atoms with Gasteiger partial charge in [0.2, 0.25) is 0 Å². The zero-order valence-corrected chi connectivity index (χ0v) is 12.0. The summed E-state index contributed by atoms with van der Waals surface area (Å²) in [4.78, 5) is 6.50. The molecule has 106 valence electrons. The van der Waals surface area contributed by atoms with Crippen LogP contribution in [0.3, 0.4) is 0 Å². The molecule has 0 saturated carbocycles. The van der Waals surface area contributed by atoms with E-state index in [-0.39, 0.29) is 11.0 Å². The molecule has 1 aromatic rings. The van der Waals surface area contributed by atoms with Crippen LogP contribution in [0.25, 0.3) is 0 Å². The Morgan fingerprint density at radius 1 is 1.58 bits per heavy atom. The number of aromatic nitrogens is 1. The molecule has 0 aliphatic carbocycles. The Kier molecular flexibility index (Phi) is 4.38. The zero-order valence-electron chi connectivity index (χ0n) is 11.2. The van der Waals surface area contributed by atoms with Crippen molar-refractivity contribution in [3.8, 4) is 0 Å². The van der Waals surface area contributed by atoms with Gasteiger partial charge in [-0.05, 0) is 19.2 Å². The number of hydrogen-bond acceptors (Lipinski definition) is 6. The molecule has 1 aromatic heterocycles. The highest BCUT2D eigenvalue weighted by atomic mass is 32.2. The van der Waals surface area contributed by atoms with Gasteiger partial charge in [0.05, 0.1) is 12.7 Å². The Balaban J connectivity index is 2.04. The number of pyridine rings is 1. The highest BCUT2D eigenvalue weighted by molar-refractivity contribution is 7.90. The molecule has 1 atom stereocenters. The van der Waals surface area contributed by atoms with Crippen molar-refractivity contribution in [2.24, 2.45) is 0 Å². The molecule has 1 fully saturated rings. The fourth-order valence-electron chi connectivity index (χ4n) is 2.02. The molecule has 2 heterocycles. The Morgan fingerprint density at radius 3 is 3.05 bits per heavy atom. The van der Waals surface area contributed by atoms with Gasteiger partial charge in [-0.2, -0.15) is 0 Å². The maximum Gasteiger partial charge on any atom is 0.179 e. The molecule has 1 aliphatic rings. The normalized spacial score (nSPS) is 21.3. The van der Waals surface area contributed by atoms with E-state index in [1.807, 2.05) is 7.05 Å². The fraction of sp³-hybridized carbons (Fsp3) is 0.583. The molecule has 19 heavy (non-hydrogen) atoms. The third-order valence-corrected chi connectivity index (χ3v) is 4.14. The molecule has 1 unspecified atom stereocenters. The fourth-order valence-corrected chi connectivity index (χ4v) is 2.83. The van der Waals surface area contributed by atoms with Crippen molar-refractivity contribution in [2.75, 3.05) is 44.9 Å². The highest BCUT2D eigenvalue weighted by Gasteiger charge is 2.19. The number of anilines is 1. The van der Waals surface area contributed by atoms with Gasteiger partial charge >= 0.3 is 0 Å². The summed E-state index contributed by atoms with van der Waals surface area (Å²) in [5.41, 5.74) is 0. The minimum atomic E-state index is -3.27. The van der Waals surface area contributed by atoms with Crippen LogP contribution in [0.15, 0.2) is 23.2 Å². The third kappa shape index (κ3) is 3.89. The number of sulfone groups is 1. The molecule has 0 radical (unpaired) electrons. The number of rotatable bonds is 4. The predicted molar refractivity (Wildman–Crippen MR) is 73.1 cm³/mol. The standard InChI is InChI=1S/C12H19N3O3S/c1-15-6-7-18-10(9-15)8-14-12-11(19(2,16)17)4-3-5-13-12/h3-5,10H,6-9H2,1-2H3,(H,13,14). The summed E-state index contributed by atoms with van der Waals surface area (Å²) >= 11 is 0. The van der Waals surface area contributed by atoms with Crippen molar-refractivity contribution in [3.63, 3.8) is 0 Å². The van der Waals surface area contributed by atoms with Crippen molar-refractivity contribution < 1.29 is 13.2 Å². The maximum absolute atomic E-state index is 11.6. The van der Waals surface area contributed by atoms with E-state index >= 15 is 0 Å². The van der Waals surface area contributed by atoms with E-state index in [0.29, 0.717) is 19.0 Å². The van der Waals surface area contributed by atoms with Gasteiger partial charge in [0.15, 0.2) is 9.84 Å². The summed E-state index contributed by atoms with van der Waals surface area (Å²) in [6.45, 7) is 3.00. The molecule has 1 saturated heterocycles. The van der Waals surface area contributed by atoms with Crippen LogP contribution in [0.4, 0.5) is 5.82 Å². The van der Waals surface area contributed by atoms with Crippen LogP contribution in [0.2, 0.25) is 0 Å². The van der Waals surface area contributed by atoms with Crippen LogP contribution in [0.5, 0.6) is 0 Å². The first-order valence-electron chi connectivity index (χ1n) is 6.16. The first kappa shape index (κ1) is 14.2. The van der Waals surface area contributed by atoms with E-state index in [2.05, 4.69) is 15.2 Å². The Morgan fingerprint density at radius 2 is 2.37 bits per heavy atom. The molecule has 6 nitrogen and oxygen atoms in total. The van der Waals surface area contributed by atoms with Gasteiger partial charge in [0.25, 0.3) is 0 Å². The average Bonchev–Trinajstić information content (AvgIpc) is 2.36. The first-order valence-corrected chi connectivity index (χ1v) is 8.05. The van der Waals surface area contributed by atoms with Crippen LogP contribution in [-0.4, -0.2) is 64.0 Å². The number of hydrogen-bond donors (Lipinski definition) is 1. The Labute approximate surface area is 113 Å². The summed E-state index contributed by atoms with van der Waals surface area (Å²) in [5, 5.41) is 3.07. The van der Waals surface area contributed by atoms with Crippen LogP contribution < -0.4 is 5.32 Å². The van der Waals surface area contributed by atoms with Crippen LogP contribution in [-0.2, 0) is 14.6 Å². The molecular weight excluding hydrogens is 266 g/mol. The zero-order chi connectivity index (χ0) is 13.9. The lowest BCUT2D eigenvalue weighted by atomic mass is 10.3. The van der Waals surface area contributed by atoms with Gasteiger partial charge < -0.3 is 15.0 Å². The topological polar surface area (TPSA) is 71.5 Å². The second-order valence-electron chi connectivity index (χ2n) is 4.76. The van der Waals surface area contributed by atoms with Crippen molar-refractivity contribution >= 4 is 15.7 Å². The highest BCUT2D eigenvalue weighted by Crippen LogP contribution is 2.18. The van der Waals surface area contributed by atoms with E-state index < -0.39 is 9.84 Å². The van der Waals surface area contributed by atoms with Crippen molar-refractivity contribution in [1.82, 2.24) is 9.88 Å². The molecule has 1 N–H and O–H groups in total. The summed E-state index contributed by atoms with van der Waals surface area (Å²) in [6, 6.07) is 3.17. The van der Waals surface area contributed by atoms with E-state index in [1.54, 1.807) is 18.3 Å². The van der Waals surface area contributed by atoms with Crippen molar-refractivity contribution in [3.05, 3.63) is 18.3 Å². The van der Waals surface area contributed by atoms with Crippen molar-refractivity contribution in [2.45, 2.75) is 11.0 Å². The van der Waals surface area contributed by atoms with E-state index in [4.69, 9.17) is 4.74 Å². The van der Waals surface area contributed by atoms with Crippen LogP contribution >= 0.6 is 0 Å². The molecule has 0 bridgehead atoms. The molecule has 7 heteroatoms. The molecule has 0 amide bonds. The molecule has 2 rings (SSSR count). The molecular formula is C12H19N3O3S. The van der Waals surface area contributed by atoms with Gasteiger partial charge in [-0.3, -0.25) is 0 Å². The van der Waals surface area contributed by atoms with Crippen LogP contribution in [0, 0.1) is 0 Å². The monoisotopic (exact) mass is 285 g/mol. The SMILES string of the molecule is CN1CCOC(CNc2ncccc2S(C)(=O)=O)C1. The molecule has 0 aromatic carbocycles. The number of morpholine rings is 1. The lowest BCUT2D eigenvalue weighted by molar-refractivity contribution is -0.0117. The van der Waals surface area contributed by atoms with E-state index in [1.165, 1.54) is 6.26 Å². The number of nitrogens with zero attached hydrogens (tertiary/aromatic N) is 2. The maximum atomic E-state index is 11.6. The van der Waals surface area contributed by atoms with Gasteiger partial charge in [-0.1, -0.05) is 0 Å². The second-order valence-corrected chi connectivity index (χ2v) is 6.74. The van der Waals surface area contributed by atoms with Gasteiger partial charge in [-0.25, -0.2) is 13.4 Å². The number of likely N-dealkylation sites (N-methyl/N-ethyl adjacent to an activating group) is 1. The quantitative estimate of drug-likeness (QED) is 0.854.